The standard InChI is InChI=1S/C20H19BrF3N5O2/c1-12(29-17(13-2-3-13)8-18(27-29)20(22,23)24)19(30)26-15-9-25-28(10-15)11-31-16-6-4-14(21)5-7-16/h4-10,12-13H,2-3,11H2,1H3,(H,26,30). The molecule has 1 saturated carbocycles. The van der Waals surface area contributed by atoms with E-state index in [1.54, 1.807) is 18.3 Å². The molecule has 0 spiro atoms. The van der Waals surface area contributed by atoms with Crippen molar-refractivity contribution in [3.05, 3.63) is 58.6 Å². The quantitative estimate of drug-likeness (QED) is 0.499. The van der Waals surface area contributed by atoms with Crippen molar-refractivity contribution in [3.8, 4) is 5.75 Å². The number of benzene rings is 1. The van der Waals surface area contributed by atoms with Crippen LogP contribution in [0.3, 0.4) is 0 Å². The molecule has 3 aromatic rings. The molecule has 31 heavy (non-hydrogen) atoms. The second-order valence-electron chi connectivity index (χ2n) is 7.33. The summed E-state index contributed by atoms with van der Waals surface area (Å²) in [7, 11) is 0. The van der Waals surface area contributed by atoms with Crippen LogP contribution in [0.15, 0.2) is 47.2 Å². The molecule has 1 aromatic carbocycles. The van der Waals surface area contributed by atoms with Gasteiger partial charge in [0.25, 0.3) is 0 Å². The predicted octanol–water partition coefficient (Wildman–Crippen LogP) is 4.97. The normalized spacial score (nSPS) is 15.0. The molecule has 1 aliphatic carbocycles. The van der Waals surface area contributed by atoms with E-state index in [0.717, 1.165) is 23.4 Å². The molecule has 1 N–H and O–H groups in total. The van der Waals surface area contributed by atoms with Crippen molar-refractivity contribution in [1.82, 2.24) is 19.6 Å². The summed E-state index contributed by atoms with van der Waals surface area (Å²) < 4.78 is 48.5. The van der Waals surface area contributed by atoms with Gasteiger partial charge < -0.3 is 10.1 Å². The van der Waals surface area contributed by atoms with Gasteiger partial charge in [-0.25, -0.2) is 4.68 Å². The molecule has 164 valence electrons. The van der Waals surface area contributed by atoms with Crippen LogP contribution in [-0.4, -0.2) is 25.5 Å². The lowest BCUT2D eigenvalue weighted by Gasteiger charge is -2.15. The maximum Gasteiger partial charge on any atom is 0.435 e. The summed E-state index contributed by atoms with van der Waals surface area (Å²) in [5, 5.41) is 10.5. The van der Waals surface area contributed by atoms with Gasteiger partial charge in [-0.2, -0.15) is 23.4 Å². The highest BCUT2D eigenvalue weighted by Gasteiger charge is 2.39. The minimum absolute atomic E-state index is 0.0114. The van der Waals surface area contributed by atoms with Crippen LogP contribution >= 0.6 is 15.9 Å². The number of hydrogen-bond acceptors (Lipinski definition) is 4. The minimum atomic E-state index is -4.55. The van der Waals surface area contributed by atoms with Crippen molar-refractivity contribution >= 4 is 27.5 Å². The van der Waals surface area contributed by atoms with Crippen LogP contribution in [0.25, 0.3) is 0 Å². The molecule has 7 nitrogen and oxygen atoms in total. The summed E-state index contributed by atoms with van der Waals surface area (Å²) in [6.07, 6.45) is 0.0586. The second-order valence-corrected chi connectivity index (χ2v) is 8.25. The maximum absolute atomic E-state index is 13.1. The average Bonchev–Trinajstić information content (AvgIpc) is 3.29. The molecule has 0 radical (unpaired) electrons. The van der Waals surface area contributed by atoms with Gasteiger partial charge in [-0.3, -0.25) is 9.48 Å². The van der Waals surface area contributed by atoms with E-state index in [0.29, 0.717) is 17.1 Å². The summed E-state index contributed by atoms with van der Waals surface area (Å²) in [5.74, 6) is 0.189. The van der Waals surface area contributed by atoms with Crippen LogP contribution in [0.4, 0.5) is 18.9 Å². The molecule has 1 atom stereocenters. The van der Waals surface area contributed by atoms with Gasteiger partial charge in [0.05, 0.1) is 18.1 Å². The first-order valence-corrected chi connectivity index (χ1v) is 10.4. The predicted molar refractivity (Wildman–Crippen MR) is 110 cm³/mol. The Labute approximate surface area is 184 Å². The number of amides is 1. The number of nitrogens with one attached hydrogen (secondary N) is 1. The monoisotopic (exact) mass is 497 g/mol. The first kappa shape index (κ1) is 21.4. The molecule has 2 heterocycles. The summed E-state index contributed by atoms with van der Waals surface area (Å²) in [4.78, 5) is 12.7. The van der Waals surface area contributed by atoms with Crippen molar-refractivity contribution in [2.75, 3.05) is 5.32 Å². The van der Waals surface area contributed by atoms with Crippen LogP contribution in [0.5, 0.6) is 5.75 Å². The Kier molecular flexibility index (Phi) is 5.78. The molecule has 0 aliphatic heterocycles. The number of ether oxygens (including phenoxy) is 1. The molecular formula is C20H19BrF3N5O2. The Hall–Kier alpha value is -2.82. The Balaban J connectivity index is 1.40. The number of anilines is 1. The van der Waals surface area contributed by atoms with Crippen molar-refractivity contribution < 1.29 is 22.7 Å². The van der Waals surface area contributed by atoms with E-state index in [9.17, 15) is 18.0 Å². The molecule has 1 aliphatic rings. The van der Waals surface area contributed by atoms with Crippen LogP contribution in [0, 0.1) is 0 Å². The first-order chi connectivity index (χ1) is 14.7. The Morgan fingerprint density at radius 1 is 1.32 bits per heavy atom. The van der Waals surface area contributed by atoms with Crippen LogP contribution in [0.2, 0.25) is 0 Å². The maximum atomic E-state index is 13.1. The van der Waals surface area contributed by atoms with Crippen LogP contribution in [-0.2, 0) is 17.7 Å². The smallest absolute Gasteiger partial charge is 0.435 e. The van der Waals surface area contributed by atoms with E-state index in [2.05, 4.69) is 31.4 Å². The van der Waals surface area contributed by atoms with Crippen molar-refractivity contribution in [3.63, 3.8) is 0 Å². The molecule has 0 bridgehead atoms. The zero-order chi connectivity index (χ0) is 22.2. The van der Waals surface area contributed by atoms with E-state index < -0.39 is 23.8 Å². The number of hydrogen-bond donors (Lipinski definition) is 1. The van der Waals surface area contributed by atoms with Crippen molar-refractivity contribution in [2.45, 2.75) is 44.6 Å². The molecule has 2 aromatic heterocycles. The van der Waals surface area contributed by atoms with E-state index in [4.69, 9.17) is 4.74 Å². The van der Waals surface area contributed by atoms with Gasteiger partial charge in [0.15, 0.2) is 12.4 Å². The number of halogens is 4. The third-order valence-electron chi connectivity index (χ3n) is 4.87. The lowest BCUT2D eigenvalue weighted by Crippen LogP contribution is -2.26. The number of carbonyl (C=O) groups excluding carboxylic acids is 1. The SMILES string of the molecule is CC(C(=O)Nc1cnn(COc2ccc(Br)cc2)c1)n1nc(C(F)(F)F)cc1C1CC1. The summed E-state index contributed by atoms with van der Waals surface area (Å²) in [5.41, 5.74) is -0.132. The van der Waals surface area contributed by atoms with Crippen LogP contribution in [0.1, 0.15) is 43.1 Å². The number of aromatic nitrogens is 4. The number of nitrogens with zero attached hydrogens (tertiary/aromatic N) is 4. The average molecular weight is 498 g/mol. The van der Waals surface area contributed by atoms with Gasteiger partial charge >= 0.3 is 6.18 Å². The Bertz CT molecular complexity index is 1070. The largest absolute Gasteiger partial charge is 0.471 e. The highest BCUT2D eigenvalue weighted by Crippen LogP contribution is 2.43. The zero-order valence-electron chi connectivity index (χ0n) is 16.4. The molecule has 1 amide bonds. The zero-order valence-corrected chi connectivity index (χ0v) is 18.0. The number of carbonyl (C=O) groups is 1. The topological polar surface area (TPSA) is 74.0 Å². The Morgan fingerprint density at radius 2 is 2.03 bits per heavy atom. The number of alkyl halides is 3. The minimum Gasteiger partial charge on any atom is -0.471 e. The van der Waals surface area contributed by atoms with Crippen LogP contribution < -0.4 is 10.1 Å². The Morgan fingerprint density at radius 3 is 2.68 bits per heavy atom. The van der Waals surface area contributed by atoms with Crippen molar-refractivity contribution in [1.29, 1.82) is 0 Å². The van der Waals surface area contributed by atoms with Gasteiger partial charge in [-0.1, -0.05) is 15.9 Å². The second kappa shape index (κ2) is 8.37. The van der Waals surface area contributed by atoms with E-state index in [1.807, 2.05) is 12.1 Å². The third kappa shape index (κ3) is 5.09. The molecule has 0 saturated heterocycles. The molecular weight excluding hydrogens is 479 g/mol. The lowest BCUT2D eigenvalue weighted by molar-refractivity contribution is -0.141. The lowest BCUT2D eigenvalue weighted by atomic mass is 10.2. The van der Waals surface area contributed by atoms with Gasteiger partial charge in [-0.05, 0) is 50.1 Å². The van der Waals surface area contributed by atoms with E-state index in [1.165, 1.54) is 22.5 Å². The third-order valence-corrected chi connectivity index (χ3v) is 5.40. The molecule has 1 fully saturated rings. The van der Waals surface area contributed by atoms with Crippen molar-refractivity contribution in [2.24, 2.45) is 0 Å². The van der Waals surface area contributed by atoms with E-state index >= 15 is 0 Å². The highest BCUT2D eigenvalue weighted by atomic mass is 79.9. The fraction of sp³-hybridized carbons (Fsp3) is 0.350. The molecule has 4 rings (SSSR count). The number of rotatable bonds is 7. The summed E-state index contributed by atoms with van der Waals surface area (Å²) >= 11 is 3.35. The highest BCUT2D eigenvalue weighted by molar-refractivity contribution is 9.10. The van der Waals surface area contributed by atoms with Gasteiger partial charge in [0.1, 0.15) is 11.8 Å². The van der Waals surface area contributed by atoms with Gasteiger partial charge in [0.2, 0.25) is 5.91 Å². The van der Waals surface area contributed by atoms with Gasteiger partial charge in [-0.15, -0.1) is 0 Å². The first-order valence-electron chi connectivity index (χ1n) is 9.59. The van der Waals surface area contributed by atoms with Gasteiger partial charge in [0, 0.05) is 16.1 Å². The fourth-order valence-corrected chi connectivity index (χ4v) is 3.33. The summed E-state index contributed by atoms with van der Waals surface area (Å²) in [6.45, 7) is 1.66. The van der Waals surface area contributed by atoms with E-state index in [-0.39, 0.29) is 12.6 Å². The summed E-state index contributed by atoms with van der Waals surface area (Å²) in [6, 6.07) is 7.43. The fourth-order valence-electron chi connectivity index (χ4n) is 3.07. The molecule has 11 heteroatoms. The molecule has 1 unspecified atom stereocenters.